The van der Waals surface area contributed by atoms with Gasteiger partial charge in [-0.1, -0.05) is 35.0 Å². The maximum absolute atomic E-state index is 10.7. The van der Waals surface area contributed by atoms with E-state index in [1.807, 2.05) is 30.3 Å². The third kappa shape index (κ3) is 2.61. The van der Waals surface area contributed by atoms with E-state index in [2.05, 4.69) is 10.1 Å². The van der Waals surface area contributed by atoms with E-state index >= 15 is 0 Å². The molecule has 0 spiro atoms. The van der Waals surface area contributed by atoms with Crippen LogP contribution in [0, 0.1) is 10.1 Å². The Hall–Kier alpha value is -2.73. The van der Waals surface area contributed by atoms with E-state index in [9.17, 15) is 10.1 Å². The lowest BCUT2D eigenvalue weighted by atomic mass is 10.2. The summed E-state index contributed by atoms with van der Waals surface area (Å²) in [4.78, 5) is 14.4. The molecular weight excluding hydrogens is 294 g/mol. The molecule has 2 aromatic carbocycles. The van der Waals surface area contributed by atoms with Crippen molar-refractivity contribution >= 4 is 17.3 Å². The van der Waals surface area contributed by atoms with Crippen LogP contribution < -0.4 is 0 Å². The maximum Gasteiger partial charge on any atom is 0.270 e. The first-order valence-electron chi connectivity index (χ1n) is 5.98. The van der Waals surface area contributed by atoms with Crippen molar-refractivity contribution in [2.75, 3.05) is 0 Å². The van der Waals surface area contributed by atoms with Gasteiger partial charge in [0.25, 0.3) is 11.6 Å². The maximum atomic E-state index is 10.7. The molecule has 0 bridgehead atoms. The first-order chi connectivity index (χ1) is 10.1. The highest BCUT2D eigenvalue weighted by Gasteiger charge is 2.16. The average molecular weight is 302 g/mol. The summed E-state index contributed by atoms with van der Waals surface area (Å²) in [6.45, 7) is 0. The first-order valence-corrected chi connectivity index (χ1v) is 6.36. The molecule has 0 saturated heterocycles. The van der Waals surface area contributed by atoms with Gasteiger partial charge in [-0.05, 0) is 18.2 Å². The molecule has 21 heavy (non-hydrogen) atoms. The van der Waals surface area contributed by atoms with E-state index in [-0.39, 0.29) is 16.5 Å². The lowest BCUT2D eigenvalue weighted by molar-refractivity contribution is -0.384. The molecule has 7 heteroatoms. The van der Waals surface area contributed by atoms with Crippen molar-refractivity contribution in [3.8, 4) is 22.8 Å². The van der Waals surface area contributed by atoms with Gasteiger partial charge >= 0.3 is 0 Å². The number of hydrogen-bond acceptors (Lipinski definition) is 5. The zero-order valence-electron chi connectivity index (χ0n) is 10.6. The first kappa shape index (κ1) is 13.3. The molecule has 0 saturated carbocycles. The fourth-order valence-electron chi connectivity index (χ4n) is 1.83. The monoisotopic (exact) mass is 301 g/mol. The number of aromatic nitrogens is 2. The summed E-state index contributed by atoms with van der Waals surface area (Å²) in [5, 5.41) is 14.7. The Bertz CT molecular complexity index is 802. The van der Waals surface area contributed by atoms with Crippen molar-refractivity contribution in [2.45, 2.75) is 0 Å². The van der Waals surface area contributed by atoms with Gasteiger partial charge in [-0.15, -0.1) is 0 Å². The topological polar surface area (TPSA) is 82.1 Å². The Labute approximate surface area is 124 Å². The lowest BCUT2D eigenvalue weighted by Gasteiger charge is -1.98. The molecule has 0 aliphatic carbocycles. The summed E-state index contributed by atoms with van der Waals surface area (Å²) in [7, 11) is 0. The van der Waals surface area contributed by atoms with E-state index in [1.54, 1.807) is 0 Å². The summed E-state index contributed by atoms with van der Waals surface area (Å²) in [5.41, 5.74) is 1.18. The van der Waals surface area contributed by atoms with E-state index < -0.39 is 4.92 Å². The Morgan fingerprint density at radius 3 is 2.57 bits per heavy atom. The van der Waals surface area contributed by atoms with Gasteiger partial charge in [-0.25, -0.2) is 0 Å². The van der Waals surface area contributed by atoms with Crippen molar-refractivity contribution in [1.82, 2.24) is 10.1 Å². The number of rotatable bonds is 3. The van der Waals surface area contributed by atoms with E-state index in [4.69, 9.17) is 16.1 Å². The van der Waals surface area contributed by atoms with Crippen LogP contribution >= 0.6 is 11.6 Å². The fourth-order valence-corrected chi connectivity index (χ4v) is 2.09. The Morgan fingerprint density at radius 2 is 1.90 bits per heavy atom. The van der Waals surface area contributed by atoms with Crippen LogP contribution in [0.1, 0.15) is 0 Å². The summed E-state index contributed by atoms with van der Waals surface area (Å²) in [6.07, 6.45) is 0. The SMILES string of the molecule is O=[N+]([O-])c1ccc(-c2noc(-c3ccccc3)n2)c(Cl)c1. The second-order valence-corrected chi connectivity index (χ2v) is 4.62. The number of benzene rings is 2. The van der Waals surface area contributed by atoms with Crippen LogP contribution in [0.4, 0.5) is 5.69 Å². The smallest absolute Gasteiger partial charge is 0.270 e. The highest BCUT2D eigenvalue weighted by Crippen LogP contribution is 2.30. The number of halogens is 1. The van der Waals surface area contributed by atoms with Gasteiger partial charge < -0.3 is 4.52 Å². The van der Waals surface area contributed by atoms with Crippen molar-refractivity contribution in [2.24, 2.45) is 0 Å². The van der Waals surface area contributed by atoms with Gasteiger partial charge in [0.05, 0.1) is 9.95 Å². The summed E-state index contributed by atoms with van der Waals surface area (Å²) >= 11 is 6.04. The van der Waals surface area contributed by atoms with Crippen molar-refractivity contribution in [3.05, 3.63) is 63.7 Å². The van der Waals surface area contributed by atoms with Crippen molar-refractivity contribution in [1.29, 1.82) is 0 Å². The number of nitro benzene ring substituents is 1. The molecule has 1 heterocycles. The molecule has 0 N–H and O–H groups in total. The minimum atomic E-state index is -0.513. The molecule has 6 nitrogen and oxygen atoms in total. The highest BCUT2D eigenvalue weighted by atomic mass is 35.5. The molecule has 3 aromatic rings. The third-order valence-electron chi connectivity index (χ3n) is 2.85. The van der Waals surface area contributed by atoms with Crippen LogP contribution in [0.3, 0.4) is 0 Å². The minimum absolute atomic E-state index is 0.0875. The number of nitro groups is 1. The second-order valence-electron chi connectivity index (χ2n) is 4.21. The van der Waals surface area contributed by atoms with Crippen LogP contribution in [0.2, 0.25) is 5.02 Å². The molecule has 3 rings (SSSR count). The number of non-ortho nitro benzene ring substituents is 1. The third-order valence-corrected chi connectivity index (χ3v) is 3.16. The van der Waals surface area contributed by atoms with Crippen molar-refractivity contribution in [3.63, 3.8) is 0 Å². The molecule has 0 aliphatic rings. The zero-order valence-corrected chi connectivity index (χ0v) is 11.3. The van der Waals surface area contributed by atoms with E-state index in [0.717, 1.165) is 5.56 Å². The van der Waals surface area contributed by atoms with Crippen LogP contribution in [0.15, 0.2) is 53.1 Å². The van der Waals surface area contributed by atoms with Crippen LogP contribution in [-0.2, 0) is 0 Å². The fraction of sp³-hybridized carbons (Fsp3) is 0. The van der Waals surface area contributed by atoms with Gasteiger partial charge in [0.2, 0.25) is 5.82 Å². The standard InChI is InChI=1S/C14H8ClN3O3/c15-12-8-10(18(19)20)6-7-11(12)13-16-14(21-17-13)9-4-2-1-3-5-9/h1-8H. The van der Waals surface area contributed by atoms with Gasteiger partial charge in [-0.2, -0.15) is 4.98 Å². The van der Waals surface area contributed by atoms with E-state index in [0.29, 0.717) is 11.5 Å². The Balaban J connectivity index is 1.99. The molecule has 1 aromatic heterocycles. The molecule has 0 atom stereocenters. The largest absolute Gasteiger partial charge is 0.334 e. The predicted molar refractivity (Wildman–Crippen MR) is 76.8 cm³/mol. The molecule has 0 amide bonds. The van der Waals surface area contributed by atoms with Gasteiger partial charge in [0.15, 0.2) is 0 Å². The molecule has 0 fully saturated rings. The van der Waals surface area contributed by atoms with Gasteiger partial charge in [0.1, 0.15) is 0 Å². The predicted octanol–water partition coefficient (Wildman–Crippen LogP) is 3.97. The molecule has 104 valence electrons. The number of nitrogens with zero attached hydrogens (tertiary/aromatic N) is 3. The van der Waals surface area contributed by atoms with Crippen LogP contribution in [-0.4, -0.2) is 15.1 Å². The zero-order chi connectivity index (χ0) is 14.8. The second kappa shape index (κ2) is 5.34. The Morgan fingerprint density at radius 1 is 1.14 bits per heavy atom. The van der Waals surface area contributed by atoms with Crippen LogP contribution in [0.25, 0.3) is 22.8 Å². The Kier molecular flexibility index (Phi) is 3.37. The van der Waals surface area contributed by atoms with Crippen molar-refractivity contribution < 1.29 is 9.45 Å². The highest BCUT2D eigenvalue weighted by molar-refractivity contribution is 6.33. The summed E-state index contributed by atoms with van der Waals surface area (Å²) in [5.74, 6) is 0.647. The molecule has 0 radical (unpaired) electrons. The summed E-state index contributed by atoms with van der Waals surface area (Å²) in [6, 6.07) is 13.4. The summed E-state index contributed by atoms with van der Waals surface area (Å²) < 4.78 is 5.18. The molecule has 0 unspecified atom stereocenters. The normalized spacial score (nSPS) is 10.5. The van der Waals surface area contributed by atoms with Crippen LogP contribution in [0.5, 0.6) is 0 Å². The van der Waals surface area contributed by atoms with E-state index in [1.165, 1.54) is 18.2 Å². The molecule has 0 aliphatic heterocycles. The number of hydrogen-bond donors (Lipinski definition) is 0. The average Bonchev–Trinajstić information content (AvgIpc) is 2.97. The lowest BCUT2D eigenvalue weighted by Crippen LogP contribution is -1.89. The van der Waals surface area contributed by atoms with Gasteiger partial charge in [0, 0.05) is 23.3 Å². The minimum Gasteiger partial charge on any atom is -0.334 e. The molecular formula is C14H8ClN3O3. The van der Waals surface area contributed by atoms with Gasteiger partial charge in [-0.3, -0.25) is 10.1 Å². The quantitative estimate of drug-likeness (QED) is 0.540.